The number of rotatable bonds is 4. The molecule has 0 unspecified atom stereocenters. The number of hydrogen-bond acceptors (Lipinski definition) is 5. The molecule has 122 valence electrons. The fourth-order valence-corrected chi connectivity index (χ4v) is 3.08. The van der Waals surface area contributed by atoms with Crippen LogP contribution in [0, 0.1) is 0 Å². The summed E-state index contributed by atoms with van der Waals surface area (Å²) in [6, 6.07) is 7.96. The summed E-state index contributed by atoms with van der Waals surface area (Å²) in [6.45, 7) is 0.144. The number of aryl methyl sites for hydroxylation is 2. The summed E-state index contributed by atoms with van der Waals surface area (Å²) in [4.78, 5) is 9.14. The van der Waals surface area contributed by atoms with E-state index in [1.165, 1.54) is 0 Å². The zero-order chi connectivity index (χ0) is 16.7. The van der Waals surface area contributed by atoms with E-state index < -0.39 is 0 Å². The molecule has 24 heavy (non-hydrogen) atoms. The van der Waals surface area contributed by atoms with Crippen molar-refractivity contribution < 1.29 is 5.11 Å². The molecule has 0 aliphatic heterocycles. The number of aliphatic hydroxyl groups is 1. The first-order chi connectivity index (χ1) is 11.7. The molecule has 0 aliphatic rings. The van der Waals surface area contributed by atoms with Crippen molar-refractivity contribution >= 4 is 27.8 Å². The van der Waals surface area contributed by atoms with E-state index in [1.54, 1.807) is 6.20 Å². The first-order valence-corrected chi connectivity index (χ1v) is 7.84. The molecule has 4 aromatic rings. The average molecular weight is 322 g/mol. The van der Waals surface area contributed by atoms with Crippen molar-refractivity contribution in [2.75, 3.05) is 12.3 Å². The minimum absolute atomic E-state index is 0.144. The van der Waals surface area contributed by atoms with Crippen molar-refractivity contribution in [3.05, 3.63) is 36.3 Å². The highest BCUT2D eigenvalue weighted by Gasteiger charge is 2.15. The highest BCUT2D eigenvalue weighted by molar-refractivity contribution is 6.07. The molecule has 0 aliphatic carbocycles. The highest BCUT2D eigenvalue weighted by Crippen LogP contribution is 2.30. The van der Waals surface area contributed by atoms with Crippen LogP contribution in [0.1, 0.15) is 12.2 Å². The van der Waals surface area contributed by atoms with Crippen molar-refractivity contribution in [2.24, 2.45) is 7.05 Å². The molecule has 3 heterocycles. The number of nitrogens with zero attached hydrogens (tertiary/aromatic N) is 4. The highest BCUT2D eigenvalue weighted by atomic mass is 16.2. The summed E-state index contributed by atoms with van der Waals surface area (Å²) in [5.74, 6) is 1.32. The van der Waals surface area contributed by atoms with Gasteiger partial charge in [-0.3, -0.25) is 5.10 Å². The molecule has 4 rings (SSSR count). The van der Waals surface area contributed by atoms with Crippen LogP contribution in [0.3, 0.4) is 0 Å². The number of nitrogens with two attached hydrogens (primary N) is 1. The second-order valence-corrected chi connectivity index (χ2v) is 5.80. The molecular weight excluding hydrogens is 304 g/mol. The van der Waals surface area contributed by atoms with Gasteiger partial charge < -0.3 is 15.4 Å². The predicted molar refractivity (Wildman–Crippen MR) is 93.4 cm³/mol. The SMILES string of the molecule is Cn1c(CCCO)nc2c(N)nc3cc(-c4cc[nH]n4)ccc3c21. The van der Waals surface area contributed by atoms with E-state index in [-0.39, 0.29) is 6.61 Å². The number of hydrogen-bond donors (Lipinski definition) is 3. The first kappa shape index (κ1) is 14.6. The Morgan fingerprint density at radius 1 is 1.25 bits per heavy atom. The fourth-order valence-electron chi connectivity index (χ4n) is 3.08. The largest absolute Gasteiger partial charge is 0.396 e. The van der Waals surface area contributed by atoms with Gasteiger partial charge in [-0.05, 0) is 24.6 Å². The number of imidazole rings is 1. The van der Waals surface area contributed by atoms with Crippen LogP contribution in [0.5, 0.6) is 0 Å². The van der Waals surface area contributed by atoms with Crippen LogP contribution in [0.4, 0.5) is 5.82 Å². The van der Waals surface area contributed by atoms with Gasteiger partial charge in [0.15, 0.2) is 5.82 Å². The third-order valence-corrected chi connectivity index (χ3v) is 4.28. The van der Waals surface area contributed by atoms with Crippen LogP contribution in [0.2, 0.25) is 0 Å². The van der Waals surface area contributed by atoms with E-state index in [0.717, 1.165) is 33.5 Å². The molecule has 0 atom stereocenters. The summed E-state index contributed by atoms with van der Waals surface area (Å²) in [5.41, 5.74) is 10.5. The maximum atomic E-state index is 9.06. The Bertz CT molecular complexity index is 1020. The van der Waals surface area contributed by atoms with E-state index >= 15 is 0 Å². The van der Waals surface area contributed by atoms with Crippen LogP contribution in [0.15, 0.2) is 30.5 Å². The van der Waals surface area contributed by atoms with Crippen LogP contribution in [0.25, 0.3) is 33.2 Å². The molecule has 0 spiro atoms. The lowest BCUT2D eigenvalue weighted by atomic mass is 10.1. The lowest BCUT2D eigenvalue weighted by molar-refractivity contribution is 0.287. The maximum absolute atomic E-state index is 9.06. The van der Waals surface area contributed by atoms with Gasteiger partial charge >= 0.3 is 0 Å². The molecule has 0 bridgehead atoms. The molecule has 1 aromatic carbocycles. The van der Waals surface area contributed by atoms with E-state index in [4.69, 9.17) is 10.8 Å². The van der Waals surface area contributed by atoms with Gasteiger partial charge in [-0.1, -0.05) is 6.07 Å². The number of nitrogen functional groups attached to an aromatic ring is 1. The Kier molecular flexibility index (Phi) is 3.42. The van der Waals surface area contributed by atoms with Crippen molar-refractivity contribution in [2.45, 2.75) is 12.8 Å². The normalized spacial score (nSPS) is 11.6. The standard InChI is InChI=1S/C17H18N6O/c1-23-14(3-2-8-24)21-15-16(23)11-5-4-10(12-6-7-19-22-12)9-13(11)20-17(15)18/h4-7,9,24H,2-3,8H2,1H3,(H2,18,20)(H,19,22). The molecule has 4 N–H and O–H groups in total. The monoisotopic (exact) mass is 322 g/mol. The number of aromatic nitrogens is 5. The lowest BCUT2D eigenvalue weighted by Crippen LogP contribution is -1.99. The Hall–Kier alpha value is -2.93. The second kappa shape index (κ2) is 5.61. The number of pyridine rings is 1. The number of H-pyrrole nitrogens is 1. The molecule has 7 nitrogen and oxygen atoms in total. The predicted octanol–water partition coefficient (Wildman–Crippen LogP) is 2.02. The summed E-state index contributed by atoms with van der Waals surface area (Å²) < 4.78 is 2.04. The number of aromatic amines is 1. The third-order valence-electron chi connectivity index (χ3n) is 4.28. The zero-order valence-electron chi connectivity index (χ0n) is 13.3. The second-order valence-electron chi connectivity index (χ2n) is 5.80. The van der Waals surface area contributed by atoms with Crippen LogP contribution >= 0.6 is 0 Å². The molecule has 0 saturated carbocycles. The smallest absolute Gasteiger partial charge is 0.152 e. The molecule has 0 saturated heterocycles. The van der Waals surface area contributed by atoms with Gasteiger partial charge in [0.25, 0.3) is 0 Å². The van der Waals surface area contributed by atoms with Gasteiger partial charge in [-0.15, -0.1) is 0 Å². The Morgan fingerprint density at radius 2 is 2.12 bits per heavy atom. The maximum Gasteiger partial charge on any atom is 0.152 e. The molecule has 0 fully saturated rings. The lowest BCUT2D eigenvalue weighted by Gasteiger charge is -2.06. The van der Waals surface area contributed by atoms with Gasteiger partial charge in [0.1, 0.15) is 11.3 Å². The van der Waals surface area contributed by atoms with E-state index in [0.29, 0.717) is 24.2 Å². The van der Waals surface area contributed by atoms with Gasteiger partial charge in [-0.25, -0.2) is 9.97 Å². The third kappa shape index (κ3) is 2.21. The number of benzene rings is 1. The van der Waals surface area contributed by atoms with Gasteiger partial charge in [0.05, 0.1) is 16.7 Å². The summed E-state index contributed by atoms with van der Waals surface area (Å²) >= 11 is 0. The van der Waals surface area contributed by atoms with Crippen molar-refractivity contribution in [1.82, 2.24) is 24.7 Å². The Labute approximate surface area is 138 Å². The topological polar surface area (TPSA) is 106 Å². The average Bonchev–Trinajstić information content (AvgIpc) is 3.22. The number of anilines is 1. The fraction of sp³-hybridized carbons (Fsp3) is 0.235. The van der Waals surface area contributed by atoms with Crippen LogP contribution in [-0.2, 0) is 13.5 Å². The number of fused-ring (bicyclic) bond motifs is 3. The van der Waals surface area contributed by atoms with Gasteiger partial charge in [-0.2, -0.15) is 5.10 Å². The number of aliphatic hydroxyl groups excluding tert-OH is 1. The van der Waals surface area contributed by atoms with E-state index in [1.807, 2.05) is 35.9 Å². The van der Waals surface area contributed by atoms with E-state index in [9.17, 15) is 0 Å². The van der Waals surface area contributed by atoms with Crippen molar-refractivity contribution in [3.8, 4) is 11.3 Å². The Morgan fingerprint density at radius 3 is 2.88 bits per heavy atom. The first-order valence-electron chi connectivity index (χ1n) is 7.84. The molecule has 7 heteroatoms. The summed E-state index contributed by atoms with van der Waals surface area (Å²) in [7, 11) is 1.97. The minimum Gasteiger partial charge on any atom is -0.396 e. The molecule has 0 radical (unpaired) electrons. The van der Waals surface area contributed by atoms with Gasteiger partial charge in [0, 0.05) is 37.2 Å². The zero-order valence-corrected chi connectivity index (χ0v) is 13.3. The summed E-state index contributed by atoms with van der Waals surface area (Å²) in [6.07, 6.45) is 3.17. The Balaban J connectivity index is 1.95. The molecular formula is C17H18N6O. The van der Waals surface area contributed by atoms with Crippen molar-refractivity contribution in [1.29, 1.82) is 0 Å². The molecule has 0 amide bonds. The van der Waals surface area contributed by atoms with Crippen LogP contribution < -0.4 is 5.73 Å². The minimum atomic E-state index is 0.144. The van der Waals surface area contributed by atoms with Crippen molar-refractivity contribution in [3.63, 3.8) is 0 Å². The quantitative estimate of drug-likeness (QED) is 0.533. The molecule has 3 aromatic heterocycles. The number of nitrogens with one attached hydrogen (secondary N) is 1. The van der Waals surface area contributed by atoms with E-state index in [2.05, 4.69) is 20.2 Å². The summed E-state index contributed by atoms with van der Waals surface area (Å²) in [5, 5.41) is 17.1. The van der Waals surface area contributed by atoms with Gasteiger partial charge in [0.2, 0.25) is 0 Å². The van der Waals surface area contributed by atoms with Crippen LogP contribution in [-0.4, -0.2) is 36.4 Å².